The van der Waals surface area contributed by atoms with Crippen molar-refractivity contribution in [3.05, 3.63) is 6.42 Å². The van der Waals surface area contributed by atoms with E-state index in [0.29, 0.717) is 17.6 Å². The van der Waals surface area contributed by atoms with Gasteiger partial charge in [0, 0.05) is 12.3 Å². The van der Waals surface area contributed by atoms with E-state index in [-0.39, 0.29) is 0 Å². The van der Waals surface area contributed by atoms with E-state index < -0.39 is 0 Å². The van der Waals surface area contributed by atoms with E-state index in [1.807, 2.05) is 6.42 Å². The highest BCUT2D eigenvalue weighted by molar-refractivity contribution is 5.91. The van der Waals surface area contributed by atoms with Crippen molar-refractivity contribution in [2.24, 2.45) is 11.8 Å². The molecule has 49 valence electrons. The monoisotopic (exact) mass is 123 g/mol. The van der Waals surface area contributed by atoms with Gasteiger partial charge in [-0.25, -0.2) is 0 Å². The van der Waals surface area contributed by atoms with Crippen molar-refractivity contribution in [3.8, 4) is 0 Å². The zero-order valence-corrected chi connectivity index (χ0v) is 5.47. The van der Waals surface area contributed by atoms with Gasteiger partial charge in [0.1, 0.15) is 5.78 Å². The van der Waals surface area contributed by atoms with Gasteiger partial charge in [-0.2, -0.15) is 0 Å². The normalized spacial score (nSPS) is 26.2. The molecular weight excluding hydrogens is 112 g/mol. The van der Waals surface area contributed by atoms with Crippen LogP contribution in [0.2, 0.25) is 0 Å². The van der Waals surface area contributed by atoms with Crippen LogP contribution in [0.25, 0.3) is 0 Å². The first-order chi connectivity index (χ1) is 4.36. The van der Waals surface area contributed by atoms with Gasteiger partial charge in [-0.15, -0.1) is 0 Å². The lowest BCUT2D eigenvalue weighted by Crippen LogP contribution is -2.01. The van der Waals surface area contributed by atoms with Gasteiger partial charge in [0.15, 0.2) is 0 Å². The average Bonchev–Trinajstić information content (AvgIpc) is 2.62. The maximum absolute atomic E-state index is 11.0. The molecule has 0 N–H and O–H groups in total. The summed E-state index contributed by atoms with van der Waals surface area (Å²) in [5.74, 6) is 1.56. The maximum atomic E-state index is 11.0. The second-order valence-electron chi connectivity index (χ2n) is 3.18. The second-order valence-corrected chi connectivity index (χ2v) is 3.18. The van der Waals surface area contributed by atoms with Crippen molar-refractivity contribution in [1.29, 1.82) is 0 Å². The van der Waals surface area contributed by atoms with E-state index >= 15 is 0 Å². The molecule has 0 heterocycles. The van der Waals surface area contributed by atoms with E-state index in [2.05, 4.69) is 0 Å². The molecular formula is C8H11O. The van der Waals surface area contributed by atoms with Crippen LogP contribution in [-0.2, 0) is 4.79 Å². The molecule has 0 atom stereocenters. The van der Waals surface area contributed by atoms with Crippen LogP contribution in [0.15, 0.2) is 0 Å². The summed E-state index contributed by atoms with van der Waals surface area (Å²) < 4.78 is 0. The Bertz CT molecular complexity index is 132. The number of carbonyl (C=O) groups excluding carboxylic acids is 1. The van der Waals surface area contributed by atoms with Crippen molar-refractivity contribution in [2.45, 2.75) is 25.7 Å². The van der Waals surface area contributed by atoms with Crippen LogP contribution in [0.1, 0.15) is 25.7 Å². The number of hydrogen-bond donors (Lipinski definition) is 0. The van der Waals surface area contributed by atoms with Gasteiger partial charge in [-0.3, -0.25) is 4.79 Å². The molecule has 0 bridgehead atoms. The van der Waals surface area contributed by atoms with E-state index in [4.69, 9.17) is 0 Å². The molecule has 2 saturated carbocycles. The van der Waals surface area contributed by atoms with E-state index in [1.54, 1.807) is 0 Å². The highest BCUT2D eigenvalue weighted by Crippen LogP contribution is 2.37. The van der Waals surface area contributed by atoms with Crippen LogP contribution in [-0.4, -0.2) is 5.78 Å². The lowest BCUT2D eigenvalue weighted by molar-refractivity contribution is -0.117. The minimum absolute atomic E-state index is 0.428. The molecule has 0 aromatic rings. The Labute approximate surface area is 55.4 Å². The molecule has 1 nitrogen and oxygen atoms in total. The molecule has 2 rings (SSSR count). The molecule has 0 aliphatic heterocycles. The third-order valence-corrected chi connectivity index (χ3v) is 2.00. The summed E-state index contributed by atoms with van der Waals surface area (Å²) in [5.41, 5.74) is 0. The van der Waals surface area contributed by atoms with Crippen LogP contribution in [0.3, 0.4) is 0 Å². The molecule has 2 aliphatic carbocycles. The van der Waals surface area contributed by atoms with Crippen LogP contribution in [0, 0.1) is 18.3 Å². The molecule has 9 heavy (non-hydrogen) atoms. The van der Waals surface area contributed by atoms with Crippen molar-refractivity contribution >= 4 is 5.78 Å². The van der Waals surface area contributed by atoms with Gasteiger partial charge in [0.2, 0.25) is 0 Å². The van der Waals surface area contributed by atoms with Crippen molar-refractivity contribution in [3.63, 3.8) is 0 Å². The predicted molar refractivity (Wildman–Crippen MR) is 34.8 cm³/mol. The number of rotatable bonds is 3. The summed E-state index contributed by atoms with van der Waals surface area (Å²) in [5, 5.41) is 0. The zero-order chi connectivity index (χ0) is 6.27. The highest BCUT2D eigenvalue weighted by atomic mass is 16.1. The molecule has 0 saturated heterocycles. The fourth-order valence-electron chi connectivity index (χ4n) is 0.999. The van der Waals surface area contributed by atoms with Crippen LogP contribution < -0.4 is 0 Å². The standard InChI is InChI=1S/C8H11O/c9-8(7-3-4-7)5-6-1-2-6/h5-7H,1-4H2. The van der Waals surface area contributed by atoms with Crippen molar-refractivity contribution in [1.82, 2.24) is 0 Å². The van der Waals surface area contributed by atoms with Crippen LogP contribution in [0.4, 0.5) is 0 Å². The molecule has 0 amide bonds. The number of carbonyl (C=O) groups is 1. The quantitative estimate of drug-likeness (QED) is 0.556. The van der Waals surface area contributed by atoms with Gasteiger partial charge in [-0.1, -0.05) is 0 Å². The maximum Gasteiger partial charge on any atom is 0.140 e. The lowest BCUT2D eigenvalue weighted by atomic mass is 10.1. The van der Waals surface area contributed by atoms with Gasteiger partial charge in [0.25, 0.3) is 0 Å². The van der Waals surface area contributed by atoms with E-state index in [1.165, 1.54) is 12.8 Å². The van der Waals surface area contributed by atoms with Crippen LogP contribution in [0.5, 0.6) is 0 Å². The first kappa shape index (κ1) is 5.45. The van der Waals surface area contributed by atoms with Gasteiger partial charge >= 0.3 is 0 Å². The van der Waals surface area contributed by atoms with Crippen LogP contribution >= 0.6 is 0 Å². The number of Topliss-reactive ketones (excluding diaryl/α,β-unsaturated/α-hetero) is 1. The molecule has 2 fully saturated rings. The second kappa shape index (κ2) is 1.83. The largest absolute Gasteiger partial charge is 0.299 e. The average molecular weight is 123 g/mol. The predicted octanol–water partition coefficient (Wildman–Crippen LogP) is 1.58. The molecule has 0 unspecified atom stereocenters. The van der Waals surface area contributed by atoms with Gasteiger partial charge in [-0.05, 0) is 31.6 Å². The molecule has 1 heteroatoms. The SMILES string of the molecule is O=C([CH]C1CC1)C1CC1. The number of hydrogen-bond acceptors (Lipinski definition) is 1. The number of ketones is 1. The minimum Gasteiger partial charge on any atom is -0.299 e. The Morgan fingerprint density at radius 2 is 1.89 bits per heavy atom. The topological polar surface area (TPSA) is 17.1 Å². The van der Waals surface area contributed by atoms with Crippen molar-refractivity contribution in [2.75, 3.05) is 0 Å². The lowest BCUT2D eigenvalue weighted by Gasteiger charge is -1.91. The third kappa shape index (κ3) is 1.32. The Morgan fingerprint density at radius 1 is 1.22 bits per heavy atom. The Hall–Kier alpha value is -0.330. The van der Waals surface area contributed by atoms with Crippen molar-refractivity contribution < 1.29 is 4.79 Å². The summed E-state index contributed by atoms with van der Waals surface area (Å²) in [4.78, 5) is 11.0. The Kier molecular flexibility index (Phi) is 1.11. The summed E-state index contributed by atoms with van der Waals surface area (Å²) in [6.07, 6.45) is 6.78. The third-order valence-electron chi connectivity index (χ3n) is 2.00. The van der Waals surface area contributed by atoms with E-state index in [9.17, 15) is 4.79 Å². The Morgan fingerprint density at radius 3 is 2.33 bits per heavy atom. The van der Waals surface area contributed by atoms with E-state index in [0.717, 1.165) is 12.8 Å². The summed E-state index contributed by atoms with van der Waals surface area (Å²) in [6.45, 7) is 0. The summed E-state index contributed by atoms with van der Waals surface area (Å²) >= 11 is 0. The minimum atomic E-state index is 0.428. The summed E-state index contributed by atoms with van der Waals surface area (Å²) in [6, 6.07) is 0. The fourth-order valence-corrected chi connectivity index (χ4v) is 0.999. The first-order valence-corrected chi connectivity index (χ1v) is 3.75. The smallest absolute Gasteiger partial charge is 0.140 e. The molecule has 1 radical (unpaired) electrons. The molecule has 2 aliphatic rings. The Balaban J connectivity index is 1.75. The van der Waals surface area contributed by atoms with Gasteiger partial charge < -0.3 is 0 Å². The first-order valence-electron chi connectivity index (χ1n) is 3.75. The molecule has 0 spiro atoms. The van der Waals surface area contributed by atoms with Gasteiger partial charge in [0.05, 0.1) is 0 Å². The molecule has 0 aromatic carbocycles. The highest BCUT2D eigenvalue weighted by Gasteiger charge is 2.34. The summed E-state index contributed by atoms with van der Waals surface area (Å²) in [7, 11) is 0. The zero-order valence-electron chi connectivity index (χ0n) is 5.47. The fraction of sp³-hybridized carbons (Fsp3) is 0.750. The molecule has 0 aromatic heterocycles.